The van der Waals surface area contributed by atoms with Gasteiger partial charge in [0.2, 0.25) is 11.5 Å². The summed E-state index contributed by atoms with van der Waals surface area (Å²) in [5, 5.41) is 21.0. The molecule has 0 spiro atoms. The number of alkyl halides is 3. The molecule has 0 unspecified atom stereocenters. The first-order chi connectivity index (χ1) is 11.0. The zero-order valence-electron chi connectivity index (χ0n) is 12.3. The normalized spacial score (nSPS) is 14.2. The minimum Gasteiger partial charge on any atom is -0.508 e. The maximum atomic E-state index is 13.5. The van der Waals surface area contributed by atoms with Crippen molar-refractivity contribution < 1.29 is 37.0 Å². The first kappa shape index (κ1) is 17.8. The summed E-state index contributed by atoms with van der Waals surface area (Å²) in [7, 11) is 0. The standard InChI is InChI=1S/C15H13F4NO4/c1-8-2-5-12(24-8)14(23,15(17,18)19)7-13(22)20-11-4-3-9(21)6-10(11)16/h2-6,21,23H,7H2,1H3,(H,20,22)/t14-/m1/s1. The van der Waals surface area contributed by atoms with E-state index in [0.717, 1.165) is 18.2 Å². The highest BCUT2D eigenvalue weighted by Crippen LogP contribution is 2.42. The van der Waals surface area contributed by atoms with Crippen LogP contribution in [0.2, 0.25) is 0 Å². The van der Waals surface area contributed by atoms with Crippen molar-refractivity contribution in [1.29, 1.82) is 0 Å². The number of anilines is 1. The molecular weight excluding hydrogens is 334 g/mol. The summed E-state index contributed by atoms with van der Waals surface area (Å²) in [6, 6.07) is 4.83. The SMILES string of the molecule is Cc1ccc([C@](O)(CC(=O)Nc2ccc(O)cc2F)C(F)(F)F)o1. The molecule has 1 amide bonds. The van der Waals surface area contributed by atoms with Crippen molar-refractivity contribution in [2.24, 2.45) is 0 Å². The van der Waals surface area contributed by atoms with Gasteiger partial charge in [0, 0.05) is 6.07 Å². The molecule has 0 radical (unpaired) electrons. The van der Waals surface area contributed by atoms with Crippen LogP contribution in [0.3, 0.4) is 0 Å². The molecular formula is C15H13F4NO4. The number of phenolic OH excluding ortho intramolecular Hbond substituents is 1. The van der Waals surface area contributed by atoms with Crippen molar-refractivity contribution in [2.45, 2.75) is 25.1 Å². The van der Waals surface area contributed by atoms with E-state index in [1.807, 2.05) is 5.32 Å². The summed E-state index contributed by atoms with van der Waals surface area (Å²) in [6.07, 6.45) is -6.62. The molecule has 0 aliphatic carbocycles. The Kier molecular flexibility index (Phi) is 4.57. The van der Waals surface area contributed by atoms with Gasteiger partial charge in [-0.15, -0.1) is 0 Å². The minimum atomic E-state index is -5.19. The van der Waals surface area contributed by atoms with Crippen molar-refractivity contribution in [3.05, 3.63) is 47.7 Å². The Morgan fingerprint density at radius 1 is 1.25 bits per heavy atom. The van der Waals surface area contributed by atoms with Crippen molar-refractivity contribution in [2.75, 3.05) is 5.32 Å². The number of phenols is 1. The third kappa shape index (κ3) is 3.51. The van der Waals surface area contributed by atoms with E-state index in [0.29, 0.717) is 6.07 Å². The Labute approximate surface area is 133 Å². The van der Waals surface area contributed by atoms with E-state index in [-0.39, 0.29) is 5.76 Å². The van der Waals surface area contributed by atoms with Crippen LogP contribution in [-0.4, -0.2) is 22.3 Å². The van der Waals surface area contributed by atoms with E-state index < -0.39 is 47.1 Å². The second-order valence-corrected chi connectivity index (χ2v) is 5.16. The first-order valence-electron chi connectivity index (χ1n) is 6.67. The van der Waals surface area contributed by atoms with Gasteiger partial charge in [-0.05, 0) is 31.2 Å². The van der Waals surface area contributed by atoms with Crippen LogP contribution in [0.5, 0.6) is 5.75 Å². The maximum absolute atomic E-state index is 13.5. The number of furan rings is 1. The number of rotatable bonds is 4. The van der Waals surface area contributed by atoms with Gasteiger partial charge in [0.25, 0.3) is 0 Å². The van der Waals surface area contributed by atoms with Gasteiger partial charge in [-0.3, -0.25) is 4.79 Å². The fourth-order valence-electron chi connectivity index (χ4n) is 2.02. The number of amides is 1. The number of halogens is 4. The van der Waals surface area contributed by atoms with Crippen LogP contribution in [0.4, 0.5) is 23.2 Å². The molecule has 5 nitrogen and oxygen atoms in total. The van der Waals surface area contributed by atoms with E-state index >= 15 is 0 Å². The number of carbonyl (C=O) groups excluding carboxylic acids is 1. The Morgan fingerprint density at radius 2 is 1.92 bits per heavy atom. The van der Waals surface area contributed by atoms with Crippen molar-refractivity contribution in [1.82, 2.24) is 0 Å². The topological polar surface area (TPSA) is 82.7 Å². The number of carbonyl (C=O) groups is 1. The summed E-state index contributed by atoms with van der Waals surface area (Å²) in [6.45, 7) is 1.38. The highest BCUT2D eigenvalue weighted by Gasteiger charge is 2.58. The molecule has 1 heterocycles. The summed E-state index contributed by atoms with van der Waals surface area (Å²) in [5.41, 5.74) is -3.99. The van der Waals surface area contributed by atoms with Crippen molar-refractivity contribution in [3.63, 3.8) is 0 Å². The maximum Gasteiger partial charge on any atom is 0.425 e. The molecule has 0 aliphatic rings. The average Bonchev–Trinajstić information content (AvgIpc) is 2.87. The van der Waals surface area contributed by atoms with Crippen LogP contribution >= 0.6 is 0 Å². The Bertz CT molecular complexity index is 756. The molecule has 1 aromatic heterocycles. The summed E-state index contributed by atoms with van der Waals surface area (Å²) < 4.78 is 58.0. The fraction of sp³-hybridized carbons (Fsp3) is 0.267. The summed E-state index contributed by atoms with van der Waals surface area (Å²) >= 11 is 0. The predicted molar refractivity (Wildman–Crippen MR) is 74.7 cm³/mol. The number of nitrogens with one attached hydrogen (secondary N) is 1. The Balaban J connectivity index is 2.25. The lowest BCUT2D eigenvalue weighted by molar-refractivity contribution is -0.272. The van der Waals surface area contributed by atoms with E-state index in [4.69, 9.17) is 9.52 Å². The van der Waals surface area contributed by atoms with Gasteiger partial charge in [0.15, 0.2) is 0 Å². The van der Waals surface area contributed by atoms with Gasteiger partial charge in [0.05, 0.1) is 12.1 Å². The Morgan fingerprint density at radius 3 is 2.42 bits per heavy atom. The van der Waals surface area contributed by atoms with Crippen LogP contribution in [0, 0.1) is 12.7 Å². The van der Waals surface area contributed by atoms with Gasteiger partial charge in [0.1, 0.15) is 23.1 Å². The van der Waals surface area contributed by atoms with Gasteiger partial charge in [-0.1, -0.05) is 0 Å². The number of hydrogen-bond donors (Lipinski definition) is 3. The molecule has 3 N–H and O–H groups in total. The molecule has 0 fully saturated rings. The smallest absolute Gasteiger partial charge is 0.425 e. The minimum absolute atomic E-state index is 0.123. The molecule has 0 bridgehead atoms. The van der Waals surface area contributed by atoms with Gasteiger partial charge < -0.3 is 19.9 Å². The molecule has 0 saturated heterocycles. The number of aromatic hydroxyl groups is 1. The number of aryl methyl sites for hydroxylation is 1. The lowest BCUT2D eigenvalue weighted by Gasteiger charge is -2.28. The molecule has 2 rings (SSSR count). The second-order valence-electron chi connectivity index (χ2n) is 5.16. The van der Waals surface area contributed by atoms with Crippen LogP contribution in [0.25, 0.3) is 0 Å². The number of benzene rings is 1. The lowest BCUT2D eigenvalue weighted by atomic mass is 9.95. The largest absolute Gasteiger partial charge is 0.508 e. The number of hydrogen-bond acceptors (Lipinski definition) is 4. The lowest BCUT2D eigenvalue weighted by Crippen LogP contribution is -2.44. The predicted octanol–water partition coefficient (Wildman–Crippen LogP) is 3.21. The van der Waals surface area contributed by atoms with E-state index in [9.17, 15) is 27.5 Å². The van der Waals surface area contributed by atoms with Crippen LogP contribution in [0.1, 0.15) is 17.9 Å². The van der Waals surface area contributed by atoms with Gasteiger partial charge in [-0.2, -0.15) is 13.2 Å². The molecule has 2 aromatic rings. The van der Waals surface area contributed by atoms with E-state index in [2.05, 4.69) is 0 Å². The molecule has 1 atom stereocenters. The third-order valence-electron chi connectivity index (χ3n) is 3.26. The fourth-order valence-corrected chi connectivity index (χ4v) is 2.02. The molecule has 9 heteroatoms. The first-order valence-corrected chi connectivity index (χ1v) is 6.67. The molecule has 130 valence electrons. The van der Waals surface area contributed by atoms with Gasteiger partial charge in [-0.25, -0.2) is 4.39 Å². The van der Waals surface area contributed by atoms with E-state index in [1.165, 1.54) is 13.0 Å². The average molecular weight is 347 g/mol. The van der Waals surface area contributed by atoms with Crippen molar-refractivity contribution in [3.8, 4) is 5.75 Å². The number of aliphatic hydroxyl groups is 1. The second kappa shape index (κ2) is 6.16. The Hall–Kier alpha value is -2.55. The molecule has 0 saturated carbocycles. The zero-order valence-corrected chi connectivity index (χ0v) is 12.3. The summed E-state index contributed by atoms with van der Waals surface area (Å²) in [5.74, 6) is -3.45. The highest BCUT2D eigenvalue weighted by molar-refractivity contribution is 5.91. The van der Waals surface area contributed by atoms with E-state index in [1.54, 1.807) is 0 Å². The quantitative estimate of drug-likeness (QED) is 0.586. The monoisotopic (exact) mass is 347 g/mol. The molecule has 1 aromatic carbocycles. The summed E-state index contributed by atoms with van der Waals surface area (Å²) in [4.78, 5) is 11.9. The highest BCUT2D eigenvalue weighted by atomic mass is 19.4. The zero-order chi connectivity index (χ0) is 18.1. The third-order valence-corrected chi connectivity index (χ3v) is 3.26. The van der Waals surface area contributed by atoms with Crippen LogP contribution < -0.4 is 5.32 Å². The van der Waals surface area contributed by atoms with Crippen molar-refractivity contribution >= 4 is 11.6 Å². The molecule has 0 aliphatic heterocycles. The van der Waals surface area contributed by atoms with Gasteiger partial charge >= 0.3 is 6.18 Å². The molecule has 24 heavy (non-hydrogen) atoms. The van der Waals surface area contributed by atoms with Crippen LogP contribution in [-0.2, 0) is 10.4 Å². The van der Waals surface area contributed by atoms with Crippen LogP contribution in [0.15, 0.2) is 34.7 Å².